The molecule has 1 saturated carbocycles. The van der Waals surface area contributed by atoms with Gasteiger partial charge in [-0.05, 0) is 62.8 Å². The van der Waals surface area contributed by atoms with E-state index in [1.54, 1.807) is 36.0 Å². The zero-order valence-electron chi connectivity index (χ0n) is 21.8. The molecule has 4 aromatic rings. The van der Waals surface area contributed by atoms with Crippen LogP contribution in [0.3, 0.4) is 0 Å². The summed E-state index contributed by atoms with van der Waals surface area (Å²) in [4.78, 5) is 35.0. The van der Waals surface area contributed by atoms with Crippen LogP contribution in [0.4, 0.5) is 0 Å². The Labute approximate surface area is 231 Å². The van der Waals surface area contributed by atoms with Gasteiger partial charge in [0, 0.05) is 37.9 Å². The Kier molecular flexibility index (Phi) is 8.28. The van der Waals surface area contributed by atoms with Crippen molar-refractivity contribution in [1.82, 2.24) is 24.4 Å². The Hall–Kier alpha value is -3.69. The van der Waals surface area contributed by atoms with E-state index in [9.17, 15) is 9.59 Å². The first-order valence-corrected chi connectivity index (χ1v) is 13.7. The SMILES string of the molecule is Cc1ncc(Cl)cc1C(=O)N[C@H]1CC[C@H](Cn2c(=O)n(-c3ccc(OCCCO)nc3)c3ccccc32)CC1. The van der Waals surface area contributed by atoms with Crippen LogP contribution in [0.2, 0.25) is 5.02 Å². The van der Waals surface area contributed by atoms with E-state index in [2.05, 4.69) is 15.3 Å². The molecule has 1 aliphatic rings. The number of aliphatic hydroxyl groups is 1. The number of pyridine rings is 2. The van der Waals surface area contributed by atoms with E-state index in [0.29, 0.717) is 53.3 Å². The number of rotatable bonds is 9. The minimum atomic E-state index is -0.149. The summed E-state index contributed by atoms with van der Waals surface area (Å²) in [5.74, 6) is 0.628. The first-order chi connectivity index (χ1) is 18.9. The van der Waals surface area contributed by atoms with Crippen molar-refractivity contribution in [3.8, 4) is 11.6 Å². The van der Waals surface area contributed by atoms with Crippen molar-refractivity contribution >= 4 is 28.5 Å². The number of nitrogens with zero attached hydrogens (tertiary/aromatic N) is 4. The number of hydrogen-bond donors (Lipinski definition) is 2. The average Bonchev–Trinajstić information content (AvgIpc) is 3.22. The van der Waals surface area contributed by atoms with Crippen LogP contribution in [0, 0.1) is 12.8 Å². The maximum Gasteiger partial charge on any atom is 0.333 e. The Bertz CT molecular complexity index is 1510. The fourth-order valence-corrected chi connectivity index (χ4v) is 5.37. The van der Waals surface area contributed by atoms with Gasteiger partial charge < -0.3 is 15.2 Å². The molecule has 0 aliphatic heterocycles. The minimum Gasteiger partial charge on any atom is -0.478 e. The topological polar surface area (TPSA) is 111 Å². The van der Waals surface area contributed by atoms with Crippen LogP contribution < -0.4 is 15.7 Å². The van der Waals surface area contributed by atoms with E-state index >= 15 is 0 Å². The maximum absolute atomic E-state index is 13.6. The molecule has 0 atom stereocenters. The highest BCUT2D eigenvalue weighted by molar-refractivity contribution is 6.30. The van der Waals surface area contributed by atoms with E-state index < -0.39 is 0 Å². The monoisotopic (exact) mass is 549 g/mol. The lowest BCUT2D eigenvalue weighted by Gasteiger charge is -2.29. The van der Waals surface area contributed by atoms with Crippen molar-refractivity contribution < 1.29 is 14.6 Å². The van der Waals surface area contributed by atoms with Crippen LogP contribution in [-0.2, 0) is 6.54 Å². The molecule has 0 saturated heterocycles. The highest BCUT2D eigenvalue weighted by atomic mass is 35.5. The number of aryl methyl sites for hydroxylation is 1. The average molecular weight is 550 g/mol. The lowest BCUT2D eigenvalue weighted by atomic mass is 9.85. The molecule has 0 spiro atoms. The summed E-state index contributed by atoms with van der Waals surface area (Å²) in [6.45, 7) is 2.85. The zero-order valence-corrected chi connectivity index (χ0v) is 22.6. The van der Waals surface area contributed by atoms with Gasteiger partial charge in [-0.1, -0.05) is 23.7 Å². The molecule has 3 aromatic heterocycles. The molecule has 0 radical (unpaired) electrons. The number of nitrogens with one attached hydrogen (secondary N) is 1. The second-order valence-corrected chi connectivity index (χ2v) is 10.4. The quantitative estimate of drug-likeness (QED) is 0.301. The second-order valence-electron chi connectivity index (χ2n) is 9.98. The smallest absolute Gasteiger partial charge is 0.333 e. The number of para-hydroxylation sites is 2. The summed E-state index contributed by atoms with van der Waals surface area (Å²) in [5.41, 5.74) is 3.42. The van der Waals surface area contributed by atoms with Gasteiger partial charge in [0.1, 0.15) is 0 Å². The van der Waals surface area contributed by atoms with Gasteiger partial charge in [-0.3, -0.25) is 18.9 Å². The van der Waals surface area contributed by atoms with E-state index in [1.165, 1.54) is 0 Å². The Morgan fingerprint density at radius 3 is 2.59 bits per heavy atom. The molecule has 2 N–H and O–H groups in total. The van der Waals surface area contributed by atoms with Gasteiger partial charge >= 0.3 is 5.69 Å². The number of aliphatic hydroxyl groups excluding tert-OH is 1. The van der Waals surface area contributed by atoms with Crippen molar-refractivity contribution in [3.05, 3.63) is 81.6 Å². The fourth-order valence-electron chi connectivity index (χ4n) is 5.21. The predicted octanol–water partition coefficient (Wildman–Crippen LogP) is 4.29. The zero-order chi connectivity index (χ0) is 27.4. The molecule has 1 fully saturated rings. The van der Waals surface area contributed by atoms with Gasteiger partial charge in [0.2, 0.25) is 5.88 Å². The Morgan fingerprint density at radius 2 is 1.87 bits per heavy atom. The van der Waals surface area contributed by atoms with Gasteiger partial charge in [0.25, 0.3) is 5.91 Å². The maximum atomic E-state index is 13.6. The normalized spacial score (nSPS) is 17.3. The van der Waals surface area contributed by atoms with E-state index in [0.717, 1.165) is 36.7 Å². The van der Waals surface area contributed by atoms with Crippen molar-refractivity contribution in [2.24, 2.45) is 5.92 Å². The van der Waals surface area contributed by atoms with Crippen molar-refractivity contribution in [2.75, 3.05) is 13.2 Å². The van der Waals surface area contributed by atoms with Gasteiger partial charge in [-0.2, -0.15) is 0 Å². The lowest BCUT2D eigenvalue weighted by Crippen LogP contribution is -2.39. The van der Waals surface area contributed by atoms with Crippen LogP contribution >= 0.6 is 11.6 Å². The number of imidazole rings is 1. The summed E-state index contributed by atoms with van der Waals surface area (Å²) < 4.78 is 9.07. The number of aromatic nitrogens is 4. The molecule has 5 rings (SSSR count). The van der Waals surface area contributed by atoms with E-state index in [-0.39, 0.29) is 24.2 Å². The number of amides is 1. The molecule has 1 aliphatic carbocycles. The van der Waals surface area contributed by atoms with Gasteiger partial charge in [-0.15, -0.1) is 0 Å². The minimum absolute atomic E-state index is 0.0592. The fraction of sp³-hybridized carbons (Fsp3) is 0.379. The van der Waals surface area contributed by atoms with Crippen LogP contribution in [-0.4, -0.2) is 49.4 Å². The van der Waals surface area contributed by atoms with Crippen LogP contribution in [0.5, 0.6) is 5.88 Å². The first kappa shape index (κ1) is 26.9. The number of halogens is 1. The summed E-state index contributed by atoms with van der Waals surface area (Å²) in [7, 11) is 0. The van der Waals surface area contributed by atoms with Crippen molar-refractivity contribution in [1.29, 1.82) is 0 Å². The Morgan fingerprint density at radius 1 is 1.10 bits per heavy atom. The molecule has 9 nitrogen and oxygen atoms in total. The molecular weight excluding hydrogens is 518 g/mol. The standard InChI is InChI=1S/C29H32ClN5O4/c1-19-24(15-21(30)16-31-19)28(37)33-22-9-7-20(8-10-22)18-34-25-5-2-3-6-26(25)35(29(34)38)23-11-12-27(32-17-23)39-14-4-13-36/h2-3,5-6,11-12,15-17,20,22,36H,4,7-10,13-14,18H2,1H3,(H,33,37)/t20-,22-. The molecule has 0 unspecified atom stereocenters. The number of carbonyl (C=O) groups excluding carboxylic acids is 1. The number of fused-ring (bicyclic) bond motifs is 1. The summed E-state index contributed by atoms with van der Waals surface area (Å²) >= 11 is 6.04. The van der Waals surface area contributed by atoms with E-state index in [1.807, 2.05) is 34.9 Å². The van der Waals surface area contributed by atoms with Gasteiger partial charge in [0.05, 0.1) is 45.8 Å². The molecule has 1 amide bonds. The number of ether oxygens (including phenoxy) is 1. The molecule has 204 valence electrons. The van der Waals surface area contributed by atoms with Crippen molar-refractivity contribution in [2.45, 2.75) is 51.6 Å². The third-order valence-electron chi connectivity index (χ3n) is 7.29. The number of hydrogen-bond acceptors (Lipinski definition) is 6. The second kappa shape index (κ2) is 12.0. The first-order valence-electron chi connectivity index (χ1n) is 13.3. The molecule has 1 aromatic carbocycles. The number of carbonyl (C=O) groups is 1. The van der Waals surface area contributed by atoms with Crippen LogP contribution in [0.15, 0.2) is 59.7 Å². The van der Waals surface area contributed by atoms with Gasteiger partial charge in [-0.25, -0.2) is 9.78 Å². The summed E-state index contributed by atoms with van der Waals surface area (Å²) in [5, 5.41) is 12.5. The van der Waals surface area contributed by atoms with Crippen LogP contribution in [0.25, 0.3) is 16.7 Å². The van der Waals surface area contributed by atoms with E-state index in [4.69, 9.17) is 21.4 Å². The molecule has 10 heteroatoms. The largest absolute Gasteiger partial charge is 0.478 e. The predicted molar refractivity (Wildman–Crippen MR) is 150 cm³/mol. The highest BCUT2D eigenvalue weighted by Crippen LogP contribution is 2.28. The summed E-state index contributed by atoms with van der Waals surface area (Å²) in [6, 6.07) is 13.1. The molecule has 39 heavy (non-hydrogen) atoms. The number of benzene rings is 1. The molecule has 0 bridgehead atoms. The van der Waals surface area contributed by atoms with Gasteiger partial charge in [0.15, 0.2) is 0 Å². The third kappa shape index (κ3) is 5.99. The summed E-state index contributed by atoms with van der Waals surface area (Å²) in [6.07, 6.45) is 7.22. The molecule has 3 heterocycles. The lowest BCUT2D eigenvalue weighted by molar-refractivity contribution is 0.0919. The third-order valence-corrected chi connectivity index (χ3v) is 7.49. The van der Waals surface area contributed by atoms with Crippen molar-refractivity contribution in [3.63, 3.8) is 0 Å². The highest BCUT2D eigenvalue weighted by Gasteiger charge is 2.25. The Balaban J connectivity index is 1.28. The molecular formula is C29H32ClN5O4. The van der Waals surface area contributed by atoms with Crippen LogP contribution in [0.1, 0.15) is 48.2 Å².